The Balaban J connectivity index is 1.53. The summed E-state index contributed by atoms with van der Waals surface area (Å²) in [5, 5.41) is 13.2. The van der Waals surface area contributed by atoms with Gasteiger partial charge in [0, 0.05) is 29.1 Å². The number of rotatable bonds is 5. The number of aromatic amines is 1. The van der Waals surface area contributed by atoms with E-state index in [4.69, 9.17) is 0 Å². The van der Waals surface area contributed by atoms with Gasteiger partial charge in [0.1, 0.15) is 11.0 Å². The third kappa shape index (κ3) is 4.03. The van der Waals surface area contributed by atoms with Crippen molar-refractivity contribution in [2.24, 2.45) is 0 Å². The van der Waals surface area contributed by atoms with Gasteiger partial charge in [-0.25, -0.2) is 9.97 Å². The van der Waals surface area contributed by atoms with E-state index in [1.54, 1.807) is 24.4 Å². The number of nitrogens with zero attached hydrogens (tertiary/aromatic N) is 3. The van der Waals surface area contributed by atoms with Crippen LogP contribution < -0.4 is 10.6 Å². The summed E-state index contributed by atoms with van der Waals surface area (Å²) in [6, 6.07) is 12.9. The van der Waals surface area contributed by atoms with Gasteiger partial charge in [0.15, 0.2) is 11.6 Å². The fourth-order valence-electron chi connectivity index (χ4n) is 3.58. The average Bonchev–Trinajstić information content (AvgIpc) is 3.22. The van der Waals surface area contributed by atoms with Crippen molar-refractivity contribution in [3.8, 4) is 11.4 Å². The first-order chi connectivity index (χ1) is 15.0. The van der Waals surface area contributed by atoms with Gasteiger partial charge in [-0.1, -0.05) is 35.3 Å². The molecule has 3 heterocycles. The Kier molecular flexibility index (Phi) is 4.92. The third-order valence-electron chi connectivity index (χ3n) is 5.04. The molecule has 0 bridgehead atoms. The number of amides is 1. The summed E-state index contributed by atoms with van der Waals surface area (Å²) in [4.78, 5) is 20.9. The van der Waals surface area contributed by atoms with Gasteiger partial charge in [0.05, 0.1) is 6.20 Å². The highest BCUT2D eigenvalue weighted by molar-refractivity contribution is 7.78. The Bertz CT molecular complexity index is 1340. The first-order valence-corrected chi connectivity index (χ1v) is 10.9. The minimum Gasteiger partial charge on any atom is -0.772 e. The molecular formula is C21H17N6O3S-. The van der Waals surface area contributed by atoms with E-state index in [1.165, 1.54) is 0 Å². The summed E-state index contributed by atoms with van der Waals surface area (Å²) < 4.78 is 22.1. The molecule has 2 aromatic heterocycles. The minimum atomic E-state index is -2.18. The molecule has 0 radical (unpaired) electrons. The molecule has 2 aromatic carbocycles. The Morgan fingerprint density at radius 1 is 1.13 bits per heavy atom. The number of anilines is 3. The number of nitrogens with one attached hydrogen (secondary N) is 3. The van der Waals surface area contributed by atoms with Gasteiger partial charge in [0.2, 0.25) is 5.91 Å². The van der Waals surface area contributed by atoms with Gasteiger partial charge in [-0.05, 0) is 35.7 Å². The van der Waals surface area contributed by atoms with Crippen molar-refractivity contribution in [2.75, 3.05) is 10.6 Å². The molecule has 156 valence electrons. The largest absolute Gasteiger partial charge is 0.772 e. The highest BCUT2D eigenvalue weighted by Crippen LogP contribution is 2.30. The Morgan fingerprint density at radius 2 is 2.03 bits per heavy atom. The van der Waals surface area contributed by atoms with Crippen LogP contribution in [0.15, 0.2) is 48.7 Å². The summed E-state index contributed by atoms with van der Waals surface area (Å²) in [5.74, 6) is 0.899. The van der Waals surface area contributed by atoms with E-state index in [9.17, 15) is 13.6 Å². The second-order valence-electron chi connectivity index (χ2n) is 7.22. The van der Waals surface area contributed by atoms with Crippen LogP contribution in [-0.4, -0.2) is 34.8 Å². The van der Waals surface area contributed by atoms with Crippen molar-refractivity contribution in [2.45, 2.75) is 18.6 Å². The summed E-state index contributed by atoms with van der Waals surface area (Å²) in [7, 11) is 0. The van der Waals surface area contributed by atoms with Crippen molar-refractivity contribution in [1.29, 1.82) is 0 Å². The summed E-state index contributed by atoms with van der Waals surface area (Å²) in [6.07, 6.45) is 2.81. The normalized spacial score (nSPS) is 14.2. The molecule has 1 unspecified atom stereocenters. The maximum absolute atomic E-state index is 11.7. The zero-order valence-corrected chi connectivity index (χ0v) is 17.0. The first-order valence-electron chi connectivity index (χ1n) is 9.61. The lowest BCUT2D eigenvalue weighted by Gasteiger charge is -2.18. The molecule has 1 amide bonds. The van der Waals surface area contributed by atoms with Crippen molar-refractivity contribution in [3.63, 3.8) is 0 Å². The van der Waals surface area contributed by atoms with Crippen LogP contribution in [0.25, 0.3) is 22.4 Å². The van der Waals surface area contributed by atoms with Crippen molar-refractivity contribution in [1.82, 2.24) is 20.2 Å². The quantitative estimate of drug-likeness (QED) is 0.412. The summed E-state index contributed by atoms with van der Waals surface area (Å²) >= 11 is -2.18. The van der Waals surface area contributed by atoms with Crippen molar-refractivity contribution < 1.29 is 13.6 Å². The number of hydrogen-bond donors (Lipinski definition) is 3. The predicted octanol–water partition coefficient (Wildman–Crippen LogP) is 3.03. The van der Waals surface area contributed by atoms with Crippen LogP contribution in [0, 0.1) is 0 Å². The van der Waals surface area contributed by atoms with E-state index < -0.39 is 11.1 Å². The third-order valence-corrected chi connectivity index (χ3v) is 5.61. The van der Waals surface area contributed by atoms with E-state index in [0.717, 1.165) is 16.9 Å². The number of H-pyrrole nitrogens is 1. The molecule has 9 nitrogen and oxygen atoms in total. The topological polar surface area (TPSA) is 136 Å². The molecule has 0 spiro atoms. The highest BCUT2D eigenvalue weighted by atomic mass is 32.2. The van der Waals surface area contributed by atoms with Crippen LogP contribution in [0.2, 0.25) is 0 Å². The second kappa shape index (κ2) is 7.89. The molecular weight excluding hydrogens is 416 g/mol. The maximum Gasteiger partial charge on any atom is 0.224 e. The van der Waals surface area contributed by atoms with Gasteiger partial charge >= 0.3 is 0 Å². The lowest BCUT2D eigenvalue weighted by molar-refractivity contribution is -0.116. The first kappa shape index (κ1) is 19.3. The molecule has 3 N–H and O–H groups in total. The van der Waals surface area contributed by atoms with Crippen LogP contribution in [0.1, 0.15) is 17.5 Å². The number of carbonyl (C=O) groups excluding carboxylic acids is 1. The van der Waals surface area contributed by atoms with E-state index in [-0.39, 0.29) is 11.7 Å². The van der Waals surface area contributed by atoms with Crippen LogP contribution in [0.3, 0.4) is 0 Å². The predicted molar refractivity (Wildman–Crippen MR) is 116 cm³/mol. The molecule has 4 aromatic rings. The number of aryl methyl sites for hydroxylation is 1. The van der Waals surface area contributed by atoms with Gasteiger partial charge in [-0.2, -0.15) is 5.10 Å². The average molecular weight is 433 g/mol. The Labute approximate surface area is 179 Å². The fraction of sp³-hybridized carbons (Fsp3) is 0.143. The zero-order chi connectivity index (χ0) is 21.4. The smallest absolute Gasteiger partial charge is 0.224 e. The molecule has 1 aliphatic rings. The van der Waals surface area contributed by atoms with Crippen molar-refractivity contribution in [3.05, 3.63) is 59.8 Å². The molecule has 10 heteroatoms. The number of carbonyl (C=O) groups is 1. The van der Waals surface area contributed by atoms with Crippen LogP contribution >= 0.6 is 0 Å². The second-order valence-corrected chi connectivity index (χ2v) is 8.12. The molecule has 0 saturated heterocycles. The van der Waals surface area contributed by atoms with E-state index in [2.05, 4.69) is 30.8 Å². The zero-order valence-electron chi connectivity index (χ0n) is 16.2. The minimum absolute atomic E-state index is 0.00354. The SMILES string of the molecule is O=C1CCc2ccc(Nc3nc(-c4cccc(CS(=O)[O-])c4)nc4cn[nH]c34)cc2N1. The molecule has 0 saturated carbocycles. The van der Waals surface area contributed by atoms with E-state index >= 15 is 0 Å². The van der Waals surface area contributed by atoms with Gasteiger partial charge in [-0.3, -0.25) is 14.1 Å². The molecule has 1 aliphatic heterocycles. The summed E-state index contributed by atoms with van der Waals surface area (Å²) in [5.41, 5.74) is 5.26. The van der Waals surface area contributed by atoms with E-state index in [0.29, 0.717) is 46.6 Å². The highest BCUT2D eigenvalue weighted by Gasteiger charge is 2.16. The number of fused-ring (bicyclic) bond motifs is 2. The van der Waals surface area contributed by atoms with Gasteiger partial charge in [0.25, 0.3) is 0 Å². The molecule has 0 aliphatic carbocycles. The van der Waals surface area contributed by atoms with Crippen molar-refractivity contribution >= 4 is 45.2 Å². The lowest BCUT2D eigenvalue weighted by Crippen LogP contribution is -2.18. The van der Waals surface area contributed by atoms with E-state index in [1.807, 2.05) is 24.3 Å². The van der Waals surface area contributed by atoms with Crippen LogP contribution in [0.4, 0.5) is 17.2 Å². The fourth-order valence-corrected chi connectivity index (χ4v) is 4.03. The maximum atomic E-state index is 11.7. The number of aromatic nitrogens is 4. The summed E-state index contributed by atoms with van der Waals surface area (Å²) in [6.45, 7) is 0. The number of hydrogen-bond acceptors (Lipinski definition) is 7. The van der Waals surface area contributed by atoms with Crippen LogP contribution in [0.5, 0.6) is 0 Å². The molecule has 31 heavy (non-hydrogen) atoms. The monoisotopic (exact) mass is 433 g/mol. The van der Waals surface area contributed by atoms with Gasteiger partial charge in [-0.15, -0.1) is 0 Å². The van der Waals surface area contributed by atoms with Crippen LogP contribution in [-0.2, 0) is 28.0 Å². The number of benzene rings is 2. The molecule has 0 fully saturated rings. The molecule has 5 rings (SSSR count). The van der Waals surface area contributed by atoms with Gasteiger partial charge < -0.3 is 15.2 Å². The standard InChI is InChI=1S/C21H18N6O3S/c28-18-7-5-13-4-6-15(9-16(13)24-18)23-21-19-17(10-22-27-19)25-20(26-21)14-3-1-2-12(8-14)11-31(29)30/h1-4,6,8-10H,5,7,11H2,(H,22,27)(H,24,28)(H,29,30)(H,23,25,26)/p-1. The molecule has 1 atom stereocenters. The Hall–Kier alpha value is -3.63. The Morgan fingerprint density at radius 3 is 2.90 bits per heavy atom. The lowest BCUT2D eigenvalue weighted by atomic mass is 10.0.